The number of nitrogens with two attached hydrogens (primary N) is 1. The summed E-state index contributed by atoms with van der Waals surface area (Å²) in [7, 11) is 1.46. The lowest BCUT2D eigenvalue weighted by atomic mass is 9.84. The van der Waals surface area contributed by atoms with Crippen LogP contribution in [0.5, 0.6) is 0 Å². The number of carbonyl (C=O) groups excluding carboxylic acids is 2. The Morgan fingerprint density at radius 1 is 0.759 bits per heavy atom. The predicted octanol–water partition coefficient (Wildman–Crippen LogP) is 3.18. The van der Waals surface area contributed by atoms with Crippen LogP contribution in [0.15, 0.2) is 91.0 Å². The summed E-state index contributed by atoms with van der Waals surface area (Å²) < 4.78 is 5.41. The van der Waals surface area contributed by atoms with E-state index in [0.29, 0.717) is 5.56 Å². The van der Waals surface area contributed by atoms with Crippen LogP contribution in [0.4, 0.5) is 0 Å². The number of primary amides is 1. The smallest absolute Gasteiger partial charge is 0.254 e. The zero-order chi connectivity index (χ0) is 20.6. The molecule has 0 aliphatic rings. The molecular formula is C24H24N2O3. The molecule has 0 bridgehead atoms. The van der Waals surface area contributed by atoms with E-state index in [1.165, 1.54) is 7.11 Å². The molecule has 5 nitrogen and oxygen atoms in total. The van der Waals surface area contributed by atoms with Crippen molar-refractivity contribution < 1.29 is 14.3 Å². The van der Waals surface area contributed by atoms with Crippen LogP contribution >= 0.6 is 0 Å². The van der Waals surface area contributed by atoms with E-state index in [4.69, 9.17) is 10.5 Å². The van der Waals surface area contributed by atoms with E-state index in [9.17, 15) is 9.59 Å². The third-order valence-electron chi connectivity index (χ3n) is 4.83. The van der Waals surface area contributed by atoms with E-state index < -0.39 is 29.9 Å². The third kappa shape index (κ3) is 4.89. The maximum absolute atomic E-state index is 13.0. The number of nitrogens with one attached hydrogen (secondary N) is 1. The average Bonchev–Trinajstić information content (AvgIpc) is 2.76. The van der Waals surface area contributed by atoms with Gasteiger partial charge < -0.3 is 15.8 Å². The van der Waals surface area contributed by atoms with E-state index in [-0.39, 0.29) is 0 Å². The first-order valence-corrected chi connectivity index (χ1v) is 9.39. The zero-order valence-electron chi connectivity index (χ0n) is 16.2. The Balaban J connectivity index is 1.95. The van der Waals surface area contributed by atoms with Crippen LogP contribution < -0.4 is 11.1 Å². The molecule has 2 atom stereocenters. The van der Waals surface area contributed by atoms with Gasteiger partial charge in [-0.25, -0.2) is 0 Å². The molecule has 0 aliphatic carbocycles. The number of methoxy groups -OCH3 is 1. The summed E-state index contributed by atoms with van der Waals surface area (Å²) in [6.45, 7) is 0. The number of carbonyl (C=O) groups is 2. The van der Waals surface area contributed by atoms with Crippen LogP contribution in [-0.2, 0) is 14.3 Å². The second-order valence-electron chi connectivity index (χ2n) is 6.71. The molecule has 5 heteroatoms. The summed E-state index contributed by atoms with van der Waals surface area (Å²) in [5.41, 5.74) is 8.22. The maximum atomic E-state index is 13.0. The Hall–Kier alpha value is -3.44. The Kier molecular flexibility index (Phi) is 6.76. The summed E-state index contributed by atoms with van der Waals surface area (Å²) in [5.74, 6) is -1.45. The number of hydrogen-bond acceptors (Lipinski definition) is 3. The SMILES string of the molecule is CO[C@@H](C(=O)N[C@H](C(N)=O)C(c1ccccc1)c1ccccc1)c1ccccc1. The van der Waals surface area contributed by atoms with Crippen molar-refractivity contribution in [1.82, 2.24) is 5.32 Å². The van der Waals surface area contributed by atoms with Gasteiger partial charge in [0.1, 0.15) is 6.04 Å². The molecule has 3 N–H and O–H groups in total. The minimum Gasteiger partial charge on any atom is -0.368 e. The van der Waals surface area contributed by atoms with E-state index in [1.54, 1.807) is 12.1 Å². The van der Waals surface area contributed by atoms with Crippen LogP contribution in [0.2, 0.25) is 0 Å². The van der Waals surface area contributed by atoms with Crippen LogP contribution in [0.3, 0.4) is 0 Å². The lowest BCUT2D eigenvalue weighted by Gasteiger charge is -2.28. The highest BCUT2D eigenvalue weighted by Gasteiger charge is 2.33. The van der Waals surface area contributed by atoms with E-state index in [1.807, 2.05) is 78.9 Å². The average molecular weight is 388 g/mol. The van der Waals surface area contributed by atoms with Crippen LogP contribution in [0.1, 0.15) is 28.7 Å². The van der Waals surface area contributed by atoms with Gasteiger partial charge in [0.15, 0.2) is 6.10 Å². The molecule has 0 heterocycles. The van der Waals surface area contributed by atoms with Gasteiger partial charge in [-0.15, -0.1) is 0 Å². The molecular weight excluding hydrogens is 364 g/mol. The van der Waals surface area contributed by atoms with Crippen molar-refractivity contribution in [3.63, 3.8) is 0 Å². The van der Waals surface area contributed by atoms with Gasteiger partial charge in [-0.05, 0) is 16.7 Å². The fourth-order valence-corrected chi connectivity index (χ4v) is 3.47. The van der Waals surface area contributed by atoms with Crippen LogP contribution in [0, 0.1) is 0 Å². The van der Waals surface area contributed by atoms with Crippen molar-refractivity contribution >= 4 is 11.8 Å². The standard InChI is InChI=1S/C24H24N2O3/c1-29-22(19-15-9-4-10-16-19)24(28)26-21(23(25)27)20(17-11-5-2-6-12-17)18-13-7-3-8-14-18/h2-16,20-22H,1H3,(H2,25,27)(H,26,28)/t21-,22+/m0/s1. The maximum Gasteiger partial charge on any atom is 0.254 e. The fourth-order valence-electron chi connectivity index (χ4n) is 3.47. The van der Waals surface area contributed by atoms with Crippen LogP contribution in [-0.4, -0.2) is 25.0 Å². The normalized spacial score (nSPS) is 12.9. The van der Waals surface area contributed by atoms with Gasteiger partial charge in [0, 0.05) is 13.0 Å². The molecule has 0 unspecified atom stereocenters. The van der Waals surface area contributed by atoms with Gasteiger partial charge >= 0.3 is 0 Å². The van der Waals surface area contributed by atoms with Crippen molar-refractivity contribution in [2.24, 2.45) is 5.73 Å². The van der Waals surface area contributed by atoms with Crippen molar-refractivity contribution in [2.45, 2.75) is 18.1 Å². The van der Waals surface area contributed by atoms with Gasteiger partial charge in [0.25, 0.3) is 5.91 Å². The second kappa shape index (κ2) is 9.66. The molecule has 0 saturated heterocycles. The molecule has 0 saturated carbocycles. The van der Waals surface area contributed by atoms with Crippen molar-refractivity contribution in [2.75, 3.05) is 7.11 Å². The lowest BCUT2D eigenvalue weighted by molar-refractivity contribution is -0.135. The molecule has 0 aliphatic heterocycles. The van der Waals surface area contributed by atoms with Gasteiger partial charge in [-0.1, -0.05) is 91.0 Å². The number of benzene rings is 3. The van der Waals surface area contributed by atoms with Gasteiger partial charge in [0.2, 0.25) is 5.91 Å². The molecule has 0 fully saturated rings. The number of ether oxygens (including phenoxy) is 1. The largest absolute Gasteiger partial charge is 0.368 e. The van der Waals surface area contributed by atoms with E-state index in [0.717, 1.165) is 11.1 Å². The molecule has 0 radical (unpaired) electrons. The minimum atomic E-state index is -0.936. The predicted molar refractivity (Wildman–Crippen MR) is 112 cm³/mol. The van der Waals surface area contributed by atoms with Gasteiger partial charge in [-0.3, -0.25) is 9.59 Å². The van der Waals surface area contributed by atoms with Crippen molar-refractivity contribution in [1.29, 1.82) is 0 Å². The summed E-state index contributed by atoms with van der Waals surface area (Å²) in [4.78, 5) is 25.4. The lowest BCUT2D eigenvalue weighted by Crippen LogP contribution is -2.50. The third-order valence-corrected chi connectivity index (χ3v) is 4.83. The summed E-state index contributed by atoms with van der Waals surface area (Å²) in [6, 6.07) is 27.3. The summed E-state index contributed by atoms with van der Waals surface area (Å²) in [5, 5.41) is 2.82. The molecule has 3 aromatic rings. The van der Waals surface area contributed by atoms with Crippen LogP contribution in [0.25, 0.3) is 0 Å². The first kappa shape index (κ1) is 20.3. The first-order chi connectivity index (χ1) is 14.1. The Morgan fingerprint density at radius 3 is 1.55 bits per heavy atom. The van der Waals surface area contributed by atoms with E-state index in [2.05, 4.69) is 5.32 Å². The topological polar surface area (TPSA) is 81.4 Å². The Bertz CT molecular complexity index is 891. The molecule has 29 heavy (non-hydrogen) atoms. The first-order valence-electron chi connectivity index (χ1n) is 9.39. The molecule has 0 aromatic heterocycles. The highest BCUT2D eigenvalue weighted by Crippen LogP contribution is 2.29. The van der Waals surface area contributed by atoms with E-state index >= 15 is 0 Å². The van der Waals surface area contributed by atoms with Crippen molar-refractivity contribution in [3.8, 4) is 0 Å². The molecule has 3 rings (SSSR count). The fraction of sp³-hybridized carbons (Fsp3) is 0.167. The molecule has 2 amide bonds. The van der Waals surface area contributed by atoms with Gasteiger partial charge in [0.05, 0.1) is 0 Å². The monoisotopic (exact) mass is 388 g/mol. The number of amides is 2. The molecule has 148 valence electrons. The second-order valence-corrected chi connectivity index (χ2v) is 6.71. The Labute approximate surface area is 170 Å². The van der Waals surface area contributed by atoms with Crippen molar-refractivity contribution in [3.05, 3.63) is 108 Å². The minimum absolute atomic E-state index is 0.417. The highest BCUT2D eigenvalue weighted by atomic mass is 16.5. The molecule has 0 spiro atoms. The summed E-state index contributed by atoms with van der Waals surface area (Å²) >= 11 is 0. The number of hydrogen-bond donors (Lipinski definition) is 2. The quantitative estimate of drug-likeness (QED) is 0.622. The summed E-state index contributed by atoms with van der Waals surface area (Å²) in [6.07, 6.45) is -0.842. The molecule has 3 aromatic carbocycles. The number of rotatable bonds is 8. The highest BCUT2D eigenvalue weighted by molar-refractivity contribution is 5.90. The van der Waals surface area contributed by atoms with Gasteiger partial charge in [-0.2, -0.15) is 0 Å². The zero-order valence-corrected chi connectivity index (χ0v) is 16.2. The Morgan fingerprint density at radius 2 is 1.17 bits per heavy atom.